The Morgan fingerprint density at radius 1 is 1.22 bits per heavy atom. The molecule has 0 saturated carbocycles. The van der Waals surface area contributed by atoms with E-state index in [1.54, 1.807) is 18.5 Å². The zero-order chi connectivity index (χ0) is 12.6. The number of aromatic nitrogens is 2. The minimum Gasteiger partial charge on any atom is -0.424 e. The van der Waals surface area contributed by atoms with Gasteiger partial charge in [0.25, 0.3) is 0 Å². The molecule has 2 aromatic rings. The highest BCUT2D eigenvalue weighted by Crippen LogP contribution is 2.18. The summed E-state index contributed by atoms with van der Waals surface area (Å²) in [5.74, 6) is 0.735. The molecular formula is C14H15N3O. The second kappa shape index (κ2) is 6.51. The van der Waals surface area contributed by atoms with Crippen LogP contribution in [0.15, 0.2) is 55.4 Å². The van der Waals surface area contributed by atoms with Gasteiger partial charge in [0.2, 0.25) is 0 Å². The van der Waals surface area contributed by atoms with Crippen LogP contribution in [0.25, 0.3) is 0 Å². The van der Waals surface area contributed by atoms with Crippen LogP contribution in [0.4, 0.5) is 0 Å². The lowest BCUT2D eigenvalue weighted by Crippen LogP contribution is -2.12. The van der Waals surface area contributed by atoms with Crippen molar-refractivity contribution >= 4 is 0 Å². The molecule has 4 heteroatoms. The predicted molar refractivity (Wildman–Crippen MR) is 70.5 cm³/mol. The molecule has 0 aliphatic heterocycles. The zero-order valence-corrected chi connectivity index (χ0v) is 10.0. The molecule has 1 aromatic carbocycles. The fraction of sp³-hybridized carbons (Fsp3) is 0.143. The topological polar surface area (TPSA) is 47.0 Å². The summed E-state index contributed by atoms with van der Waals surface area (Å²) in [4.78, 5) is 8.03. The van der Waals surface area contributed by atoms with E-state index in [0.29, 0.717) is 6.01 Å². The average Bonchev–Trinajstić information content (AvgIpc) is 2.41. The van der Waals surface area contributed by atoms with E-state index in [1.807, 2.05) is 30.3 Å². The maximum atomic E-state index is 5.56. The van der Waals surface area contributed by atoms with E-state index < -0.39 is 0 Å². The predicted octanol–water partition coefficient (Wildman–Crippen LogP) is 2.54. The van der Waals surface area contributed by atoms with E-state index in [9.17, 15) is 0 Å². The van der Waals surface area contributed by atoms with Gasteiger partial charge in [-0.3, -0.25) is 0 Å². The number of ether oxygens (including phenoxy) is 1. The van der Waals surface area contributed by atoms with Crippen LogP contribution in [-0.2, 0) is 6.54 Å². The van der Waals surface area contributed by atoms with Crippen LogP contribution in [0, 0.1) is 0 Å². The van der Waals surface area contributed by atoms with Gasteiger partial charge in [-0.1, -0.05) is 18.2 Å². The van der Waals surface area contributed by atoms with Gasteiger partial charge in [-0.2, -0.15) is 0 Å². The Kier molecular flexibility index (Phi) is 4.44. The van der Waals surface area contributed by atoms with Crippen molar-refractivity contribution in [1.29, 1.82) is 0 Å². The van der Waals surface area contributed by atoms with Crippen LogP contribution in [0.2, 0.25) is 0 Å². The second-order valence-electron chi connectivity index (χ2n) is 3.70. The molecule has 4 nitrogen and oxygen atoms in total. The van der Waals surface area contributed by atoms with Crippen molar-refractivity contribution in [3.8, 4) is 11.8 Å². The van der Waals surface area contributed by atoms with Crippen molar-refractivity contribution < 1.29 is 4.74 Å². The molecule has 0 saturated heterocycles. The number of rotatable bonds is 6. The van der Waals surface area contributed by atoms with E-state index in [0.717, 1.165) is 24.4 Å². The molecule has 92 valence electrons. The van der Waals surface area contributed by atoms with Gasteiger partial charge in [0, 0.05) is 25.5 Å². The SMILES string of the molecule is C=CCNCc1cccc(Oc2ncccn2)c1. The molecule has 0 aliphatic rings. The Morgan fingerprint density at radius 3 is 2.83 bits per heavy atom. The Hall–Kier alpha value is -2.20. The first-order chi connectivity index (χ1) is 8.88. The lowest BCUT2D eigenvalue weighted by molar-refractivity contribution is 0.441. The molecule has 0 spiro atoms. The number of nitrogens with one attached hydrogen (secondary N) is 1. The summed E-state index contributed by atoms with van der Waals surface area (Å²) in [6, 6.07) is 9.94. The van der Waals surface area contributed by atoms with Crippen LogP contribution in [-0.4, -0.2) is 16.5 Å². The third kappa shape index (κ3) is 3.68. The maximum absolute atomic E-state index is 5.56. The minimum atomic E-state index is 0.355. The first kappa shape index (κ1) is 12.3. The number of nitrogens with zero attached hydrogens (tertiary/aromatic N) is 2. The number of hydrogen-bond acceptors (Lipinski definition) is 4. The summed E-state index contributed by atoms with van der Waals surface area (Å²) in [5.41, 5.74) is 1.14. The zero-order valence-electron chi connectivity index (χ0n) is 10.0. The Bertz CT molecular complexity index is 499. The minimum absolute atomic E-state index is 0.355. The normalized spacial score (nSPS) is 10.0. The van der Waals surface area contributed by atoms with Gasteiger partial charge in [-0.25, -0.2) is 9.97 Å². The van der Waals surface area contributed by atoms with Crippen molar-refractivity contribution in [2.45, 2.75) is 6.54 Å². The molecule has 0 atom stereocenters. The highest BCUT2D eigenvalue weighted by Gasteiger charge is 2.00. The Balaban J connectivity index is 2.01. The molecule has 2 rings (SSSR count). The van der Waals surface area contributed by atoms with Crippen LogP contribution < -0.4 is 10.1 Å². The molecule has 0 unspecified atom stereocenters. The van der Waals surface area contributed by atoms with Gasteiger partial charge in [0.1, 0.15) is 5.75 Å². The quantitative estimate of drug-likeness (QED) is 0.623. The third-order valence-electron chi connectivity index (χ3n) is 2.27. The first-order valence-corrected chi connectivity index (χ1v) is 5.74. The lowest BCUT2D eigenvalue weighted by atomic mass is 10.2. The molecule has 1 N–H and O–H groups in total. The van der Waals surface area contributed by atoms with Gasteiger partial charge < -0.3 is 10.1 Å². The molecule has 0 aliphatic carbocycles. The fourth-order valence-corrected chi connectivity index (χ4v) is 1.48. The number of hydrogen-bond donors (Lipinski definition) is 1. The maximum Gasteiger partial charge on any atom is 0.321 e. The summed E-state index contributed by atoms with van der Waals surface area (Å²) in [6.07, 6.45) is 5.13. The molecule has 0 bridgehead atoms. The van der Waals surface area contributed by atoms with Crippen molar-refractivity contribution in [3.05, 3.63) is 60.9 Å². The van der Waals surface area contributed by atoms with Crippen molar-refractivity contribution in [3.63, 3.8) is 0 Å². The van der Waals surface area contributed by atoms with Crippen molar-refractivity contribution in [2.24, 2.45) is 0 Å². The van der Waals surface area contributed by atoms with Crippen LogP contribution >= 0.6 is 0 Å². The van der Waals surface area contributed by atoms with Gasteiger partial charge in [-0.15, -0.1) is 6.58 Å². The van der Waals surface area contributed by atoms with Gasteiger partial charge >= 0.3 is 6.01 Å². The third-order valence-corrected chi connectivity index (χ3v) is 2.27. The molecule has 0 radical (unpaired) electrons. The molecule has 18 heavy (non-hydrogen) atoms. The van der Waals surface area contributed by atoms with Crippen LogP contribution in [0.3, 0.4) is 0 Å². The smallest absolute Gasteiger partial charge is 0.321 e. The summed E-state index contributed by atoms with van der Waals surface area (Å²) in [7, 11) is 0. The average molecular weight is 241 g/mol. The summed E-state index contributed by atoms with van der Waals surface area (Å²) in [5, 5.41) is 3.24. The van der Waals surface area contributed by atoms with Crippen molar-refractivity contribution in [2.75, 3.05) is 6.54 Å². The molecule has 0 amide bonds. The van der Waals surface area contributed by atoms with E-state index in [-0.39, 0.29) is 0 Å². The summed E-state index contributed by atoms with van der Waals surface area (Å²) < 4.78 is 5.56. The molecule has 0 fully saturated rings. The Labute approximate surface area is 106 Å². The number of benzene rings is 1. The van der Waals surface area contributed by atoms with Crippen molar-refractivity contribution in [1.82, 2.24) is 15.3 Å². The van der Waals surface area contributed by atoms with E-state index in [1.165, 1.54) is 0 Å². The molecule has 1 heterocycles. The Morgan fingerprint density at radius 2 is 2.06 bits per heavy atom. The second-order valence-corrected chi connectivity index (χ2v) is 3.70. The highest BCUT2D eigenvalue weighted by molar-refractivity contribution is 5.30. The highest BCUT2D eigenvalue weighted by atomic mass is 16.5. The molecular weight excluding hydrogens is 226 g/mol. The van der Waals surface area contributed by atoms with E-state index >= 15 is 0 Å². The summed E-state index contributed by atoms with van der Waals surface area (Å²) >= 11 is 0. The van der Waals surface area contributed by atoms with Gasteiger partial charge in [0.05, 0.1) is 0 Å². The fourth-order valence-electron chi connectivity index (χ4n) is 1.48. The van der Waals surface area contributed by atoms with Crippen LogP contribution in [0.1, 0.15) is 5.56 Å². The van der Waals surface area contributed by atoms with Crippen LogP contribution in [0.5, 0.6) is 11.8 Å². The summed E-state index contributed by atoms with van der Waals surface area (Å²) in [6.45, 7) is 5.22. The molecule has 1 aromatic heterocycles. The monoisotopic (exact) mass is 241 g/mol. The first-order valence-electron chi connectivity index (χ1n) is 5.74. The van der Waals surface area contributed by atoms with E-state index in [2.05, 4.69) is 21.9 Å². The van der Waals surface area contributed by atoms with Gasteiger partial charge in [-0.05, 0) is 23.8 Å². The van der Waals surface area contributed by atoms with Gasteiger partial charge in [0.15, 0.2) is 0 Å². The lowest BCUT2D eigenvalue weighted by Gasteiger charge is -2.06. The van der Waals surface area contributed by atoms with E-state index in [4.69, 9.17) is 4.74 Å². The standard InChI is InChI=1S/C14H15N3O/c1-2-7-15-11-12-5-3-6-13(10-12)18-14-16-8-4-9-17-14/h2-6,8-10,15H,1,7,11H2. The largest absolute Gasteiger partial charge is 0.424 e.